The molecule has 1 atom stereocenters. The number of hydrogen-bond acceptors (Lipinski definition) is 3. The lowest BCUT2D eigenvalue weighted by atomic mass is 10.2. The molecule has 16 heavy (non-hydrogen) atoms. The molecule has 0 saturated carbocycles. The minimum absolute atomic E-state index is 0.187. The molecule has 0 bridgehead atoms. The number of carboxylic acids is 1. The van der Waals surface area contributed by atoms with Crippen LogP contribution in [-0.2, 0) is 4.79 Å². The summed E-state index contributed by atoms with van der Waals surface area (Å²) < 4.78 is 0. The number of carboxylic acid groups (broad SMARTS) is 1. The van der Waals surface area contributed by atoms with Crippen LogP contribution in [0.1, 0.15) is 16.8 Å². The lowest BCUT2D eigenvalue weighted by molar-refractivity contribution is -0.139. The summed E-state index contributed by atoms with van der Waals surface area (Å²) in [6.45, 7) is 3.44. The average molecular weight is 220 g/mol. The zero-order valence-electron chi connectivity index (χ0n) is 8.59. The number of hydrogen-bond donors (Lipinski definition) is 2. The number of carbonyl (C=O) groups is 2. The SMILES string of the molecule is C=CCC(NC(=O)c1ccncc1)C(=O)O. The Bertz CT molecular complexity index is 389. The van der Waals surface area contributed by atoms with Crippen LogP contribution < -0.4 is 5.32 Å². The quantitative estimate of drug-likeness (QED) is 0.721. The van der Waals surface area contributed by atoms with Gasteiger partial charge in [-0.3, -0.25) is 9.78 Å². The number of pyridine rings is 1. The molecular formula is C11H12N2O3. The number of carbonyl (C=O) groups excluding carboxylic acids is 1. The van der Waals surface area contributed by atoms with E-state index in [0.29, 0.717) is 5.56 Å². The molecule has 84 valence electrons. The van der Waals surface area contributed by atoms with Crippen LogP contribution in [0.5, 0.6) is 0 Å². The Morgan fingerprint density at radius 3 is 2.62 bits per heavy atom. The van der Waals surface area contributed by atoms with Gasteiger partial charge in [-0.25, -0.2) is 4.79 Å². The number of nitrogens with zero attached hydrogens (tertiary/aromatic N) is 1. The molecule has 0 spiro atoms. The van der Waals surface area contributed by atoms with Crippen molar-refractivity contribution in [2.45, 2.75) is 12.5 Å². The summed E-state index contributed by atoms with van der Waals surface area (Å²) in [5, 5.41) is 11.2. The fourth-order valence-electron chi connectivity index (χ4n) is 1.13. The third-order valence-electron chi connectivity index (χ3n) is 1.95. The Morgan fingerprint density at radius 2 is 2.12 bits per heavy atom. The Balaban J connectivity index is 2.69. The van der Waals surface area contributed by atoms with Crippen LogP contribution in [0.2, 0.25) is 0 Å². The van der Waals surface area contributed by atoms with Crippen molar-refractivity contribution in [3.05, 3.63) is 42.7 Å². The molecule has 0 radical (unpaired) electrons. The first-order valence-electron chi connectivity index (χ1n) is 4.69. The Hall–Kier alpha value is -2.17. The molecule has 5 heteroatoms. The van der Waals surface area contributed by atoms with E-state index in [0.717, 1.165) is 0 Å². The van der Waals surface area contributed by atoms with E-state index in [4.69, 9.17) is 5.11 Å². The van der Waals surface area contributed by atoms with Crippen LogP contribution in [0.15, 0.2) is 37.2 Å². The molecule has 0 saturated heterocycles. The van der Waals surface area contributed by atoms with Gasteiger partial charge in [-0.15, -0.1) is 6.58 Å². The summed E-state index contributed by atoms with van der Waals surface area (Å²) in [5.41, 5.74) is 0.380. The summed E-state index contributed by atoms with van der Waals surface area (Å²) in [6, 6.07) is 2.09. The fraction of sp³-hybridized carbons (Fsp3) is 0.182. The molecule has 1 amide bonds. The molecule has 5 nitrogen and oxygen atoms in total. The minimum Gasteiger partial charge on any atom is -0.480 e. The molecular weight excluding hydrogens is 208 g/mol. The fourth-order valence-corrected chi connectivity index (χ4v) is 1.13. The van der Waals surface area contributed by atoms with E-state index in [2.05, 4.69) is 16.9 Å². The number of nitrogens with one attached hydrogen (secondary N) is 1. The summed E-state index contributed by atoms with van der Waals surface area (Å²) in [4.78, 5) is 26.1. The van der Waals surface area contributed by atoms with Crippen LogP contribution >= 0.6 is 0 Å². The molecule has 0 aliphatic heterocycles. The molecule has 0 fully saturated rings. The first kappa shape index (κ1) is 11.9. The average Bonchev–Trinajstić information content (AvgIpc) is 2.29. The van der Waals surface area contributed by atoms with E-state index in [1.807, 2.05) is 0 Å². The van der Waals surface area contributed by atoms with Crippen molar-refractivity contribution in [3.8, 4) is 0 Å². The highest BCUT2D eigenvalue weighted by Crippen LogP contribution is 1.99. The summed E-state index contributed by atoms with van der Waals surface area (Å²) in [5.74, 6) is -1.51. The highest BCUT2D eigenvalue weighted by Gasteiger charge is 2.18. The maximum absolute atomic E-state index is 11.6. The number of amides is 1. The molecule has 1 rings (SSSR count). The highest BCUT2D eigenvalue weighted by atomic mass is 16.4. The molecule has 1 unspecified atom stereocenters. The van der Waals surface area contributed by atoms with Gasteiger partial charge in [0.1, 0.15) is 6.04 Å². The van der Waals surface area contributed by atoms with E-state index in [9.17, 15) is 9.59 Å². The molecule has 0 aromatic carbocycles. The van der Waals surface area contributed by atoms with Crippen LogP contribution in [0.4, 0.5) is 0 Å². The highest BCUT2D eigenvalue weighted by molar-refractivity contribution is 5.96. The zero-order chi connectivity index (χ0) is 12.0. The van der Waals surface area contributed by atoms with Gasteiger partial charge in [0.25, 0.3) is 5.91 Å². The number of aliphatic carboxylic acids is 1. The Kier molecular flexibility index (Phi) is 4.20. The van der Waals surface area contributed by atoms with Gasteiger partial charge in [0.2, 0.25) is 0 Å². The van der Waals surface area contributed by atoms with E-state index in [1.165, 1.54) is 30.6 Å². The summed E-state index contributed by atoms with van der Waals surface area (Å²) >= 11 is 0. The monoisotopic (exact) mass is 220 g/mol. The van der Waals surface area contributed by atoms with Gasteiger partial charge in [-0.05, 0) is 18.6 Å². The van der Waals surface area contributed by atoms with Crippen molar-refractivity contribution in [1.29, 1.82) is 0 Å². The zero-order valence-corrected chi connectivity index (χ0v) is 8.59. The summed E-state index contributed by atoms with van der Waals surface area (Å²) in [6.07, 6.45) is 4.58. The lowest BCUT2D eigenvalue weighted by Crippen LogP contribution is -2.40. The Labute approximate surface area is 92.8 Å². The van der Waals surface area contributed by atoms with E-state index in [-0.39, 0.29) is 6.42 Å². The van der Waals surface area contributed by atoms with Crippen molar-refractivity contribution >= 4 is 11.9 Å². The van der Waals surface area contributed by atoms with Gasteiger partial charge < -0.3 is 10.4 Å². The van der Waals surface area contributed by atoms with Crippen LogP contribution in [0, 0.1) is 0 Å². The normalized spacial score (nSPS) is 11.5. The van der Waals surface area contributed by atoms with Gasteiger partial charge in [0.15, 0.2) is 0 Å². The van der Waals surface area contributed by atoms with Crippen LogP contribution in [0.25, 0.3) is 0 Å². The van der Waals surface area contributed by atoms with Gasteiger partial charge in [-0.2, -0.15) is 0 Å². The Morgan fingerprint density at radius 1 is 1.50 bits per heavy atom. The molecule has 0 aliphatic rings. The van der Waals surface area contributed by atoms with Crippen molar-refractivity contribution < 1.29 is 14.7 Å². The second kappa shape index (κ2) is 5.65. The standard InChI is InChI=1S/C11H12N2O3/c1-2-3-9(11(15)16)13-10(14)8-4-6-12-7-5-8/h2,4-7,9H,1,3H2,(H,13,14)(H,15,16). The molecule has 1 aromatic rings. The maximum Gasteiger partial charge on any atom is 0.326 e. The van der Waals surface area contributed by atoms with Crippen LogP contribution in [0.3, 0.4) is 0 Å². The van der Waals surface area contributed by atoms with Crippen molar-refractivity contribution in [3.63, 3.8) is 0 Å². The maximum atomic E-state index is 11.6. The number of rotatable bonds is 5. The van der Waals surface area contributed by atoms with E-state index >= 15 is 0 Å². The van der Waals surface area contributed by atoms with Crippen molar-refractivity contribution in [1.82, 2.24) is 10.3 Å². The van der Waals surface area contributed by atoms with Gasteiger partial charge >= 0.3 is 5.97 Å². The largest absolute Gasteiger partial charge is 0.480 e. The first-order valence-corrected chi connectivity index (χ1v) is 4.69. The first-order chi connectivity index (χ1) is 7.65. The molecule has 0 aliphatic carbocycles. The third kappa shape index (κ3) is 3.20. The third-order valence-corrected chi connectivity index (χ3v) is 1.95. The predicted molar refractivity (Wildman–Crippen MR) is 57.9 cm³/mol. The minimum atomic E-state index is -1.08. The van der Waals surface area contributed by atoms with Gasteiger partial charge in [0, 0.05) is 18.0 Å². The smallest absolute Gasteiger partial charge is 0.326 e. The van der Waals surface area contributed by atoms with Crippen LogP contribution in [-0.4, -0.2) is 28.0 Å². The van der Waals surface area contributed by atoms with Crippen molar-refractivity contribution in [2.24, 2.45) is 0 Å². The lowest BCUT2D eigenvalue weighted by Gasteiger charge is -2.12. The predicted octanol–water partition coefficient (Wildman–Crippen LogP) is 0.841. The van der Waals surface area contributed by atoms with Gasteiger partial charge in [0.05, 0.1) is 0 Å². The van der Waals surface area contributed by atoms with Gasteiger partial charge in [-0.1, -0.05) is 6.08 Å². The van der Waals surface area contributed by atoms with E-state index < -0.39 is 17.9 Å². The second-order valence-corrected chi connectivity index (χ2v) is 3.12. The second-order valence-electron chi connectivity index (χ2n) is 3.12. The van der Waals surface area contributed by atoms with Crippen molar-refractivity contribution in [2.75, 3.05) is 0 Å². The molecule has 2 N–H and O–H groups in total. The molecule has 1 heterocycles. The molecule has 1 aromatic heterocycles. The number of aromatic nitrogens is 1. The summed E-state index contributed by atoms with van der Waals surface area (Å²) in [7, 11) is 0. The van der Waals surface area contributed by atoms with E-state index in [1.54, 1.807) is 0 Å². The topological polar surface area (TPSA) is 79.3 Å².